The molecule has 6 heteroatoms. The zero-order valence-corrected chi connectivity index (χ0v) is 13.9. The van der Waals surface area contributed by atoms with E-state index in [-0.39, 0.29) is 22.6 Å². The van der Waals surface area contributed by atoms with Crippen molar-refractivity contribution in [3.8, 4) is 11.6 Å². The predicted molar refractivity (Wildman–Crippen MR) is 96.5 cm³/mol. The first-order chi connectivity index (χ1) is 12.1. The number of aromatic hydroxyl groups is 1. The summed E-state index contributed by atoms with van der Waals surface area (Å²) in [6.45, 7) is 2.46. The summed E-state index contributed by atoms with van der Waals surface area (Å²) in [5, 5.41) is 12.5. The third kappa shape index (κ3) is 2.94. The number of nitrogens with one attached hydrogen (secondary N) is 1. The number of pyridine rings is 1. The number of nitrogens with zero attached hydrogens (tertiary/aromatic N) is 1. The third-order valence-electron chi connectivity index (χ3n) is 3.99. The van der Waals surface area contributed by atoms with Crippen molar-refractivity contribution in [2.24, 2.45) is 0 Å². The molecule has 0 saturated carbocycles. The van der Waals surface area contributed by atoms with E-state index >= 15 is 0 Å². The molecule has 0 bridgehead atoms. The summed E-state index contributed by atoms with van der Waals surface area (Å²) in [6.07, 6.45) is 0. The largest absolute Gasteiger partial charge is 0.508 e. The van der Waals surface area contributed by atoms with Gasteiger partial charge in [-0.1, -0.05) is 12.1 Å². The Morgan fingerprint density at radius 1 is 1.16 bits per heavy atom. The second-order valence-electron chi connectivity index (χ2n) is 5.48. The molecular weight excluding hydrogens is 320 g/mol. The molecular formula is C19H18N2O4. The summed E-state index contributed by atoms with van der Waals surface area (Å²) in [5.74, 6) is -0.238. The van der Waals surface area contributed by atoms with Gasteiger partial charge in [0.25, 0.3) is 5.91 Å². The Labute approximate surface area is 144 Å². The summed E-state index contributed by atoms with van der Waals surface area (Å²) in [5.41, 5.74) is 0.762. The summed E-state index contributed by atoms with van der Waals surface area (Å²) < 4.78 is 7.19. The maximum atomic E-state index is 12.9. The Morgan fingerprint density at radius 2 is 1.84 bits per heavy atom. The van der Waals surface area contributed by atoms with E-state index in [2.05, 4.69) is 5.32 Å². The minimum absolute atomic E-state index is 0.0453. The van der Waals surface area contributed by atoms with Crippen molar-refractivity contribution in [2.75, 3.05) is 12.4 Å². The fraction of sp³-hybridized carbons (Fsp3) is 0.158. The number of rotatable bonds is 4. The zero-order chi connectivity index (χ0) is 18.0. The minimum Gasteiger partial charge on any atom is -0.508 e. The summed E-state index contributed by atoms with van der Waals surface area (Å²) in [6, 6.07) is 13.1. The smallest absolute Gasteiger partial charge is 0.265 e. The SMILES string of the molecule is CCn1c(OC)c(C(=O)Nc2ccc(O)cc2)c(=O)c2ccccc21. The van der Waals surface area contributed by atoms with Gasteiger partial charge in [0.1, 0.15) is 11.3 Å². The number of carbonyl (C=O) groups is 1. The van der Waals surface area contributed by atoms with Gasteiger partial charge in [0, 0.05) is 17.6 Å². The highest BCUT2D eigenvalue weighted by Crippen LogP contribution is 2.24. The molecule has 0 radical (unpaired) electrons. The zero-order valence-electron chi connectivity index (χ0n) is 13.9. The molecule has 0 aliphatic heterocycles. The number of hydrogen-bond acceptors (Lipinski definition) is 4. The van der Waals surface area contributed by atoms with E-state index in [1.165, 1.54) is 19.2 Å². The monoisotopic (exact) mass is 338 g/mol. The van der Waals surface area contributed by atoms with Crippen molar-refractivity contribution < 1.29 is 14.6 Å². The molecule has 0 unspecified atom stereocenters. The summed E-state index contributed by atoms with van der Waals surface area (Å²) in [4.78, 5) is 25.6. The topological polar surface area (TPSA) is 80.6 Å². The van der Waals surface area contributed by atoms with Gasteiger partial charge in [0.05, 0.1) is 12.6 Å². The molecule has 3 aromatic rings. The molecule has 0 saturated heterocycles. The molecule has 0 aliphatic carbocycles. The summed E-state index contributed by atoms with van der Waals surface area (Å²) >= 11 is 0. The van der Waals surface area contributed by atoms with E-state index in [4.69, 9.17) is 4.74 Å². The summed E-state index contributed by atoms with van der Waals surface area (Å²) in [7, 11) is 1.44. The number of aromatic nitrogens is 1. The van der Waals surface area contributed by atoms with Gasteiger partial charge >= 0.3 is 0 Å². The Morgan fingerprint density at radius 3 is 2.48 bits per heavy atom. The highest BCUT2D eigenvalue weighted by molar-refractivity contribution is 6.07. The average molecular weight is 338 g/mol. The lowest BCUT2D eigenvalue weighted by atomic mass is 10.1. The van der Waals surface area contributed by atoms with Crippen LogP contribution in [0.25, 0.3) is 10.9 Å². The molecule has 0 aliphatic rings. The number of anilines is 1. The van der Waals surface area contributed by atoms with E-state index < -0.39 is 5.91 Å². The molecule has 2 aromatic carbocycles. The van der Waals surface area contributed by atoms with E-state index in [1.54, 1.807) is 28.8 Å². The molecule has 0 spiro atoms. The van der Waals surface area contributed by atoms with Crippen molar-refractivity contribution in [1.29, 1.82) is 0 Å². The molecule has 0 fully saturated rings. The number of para-hydroxylation sites is 1. The van der Waals surface area contributed by atoms with E-state index in [0.29, 0.717) is 23.1 Å². The maximum absolute atomic E-state index is 12.9. The fourth-order valence-corrected chi connectivity index (χ4v) is 2.84. The molecule has 3 rings (SSSR count). The van der Waals surface area contributed by atoms with Crippen molar-refractivity contribution in [3.05, 3.63) is 64.3 Å². The predicted octanol–water partition coefficient (Wildman–Crippen LogP) is 2.99. The number of ether oxygens (including phenoxy) is 1. The fourth-order valence-electron chi connectivity index (χ4n) is 2.84. The number of benzene rings is 2. The number of methoxy groups -OCH3 is 1. The van der Waals surface area contributed by atoms with Crippen molar-refractivity contribution >= 4 is 22.5 Å². The van der Waals surface area contributed by atoms with E-state index in [1.807, 2.05) is 19.1 Å². The van der Waals surface area contributed by atoms with Gasteiger partial charge in [-0.15, -0.1) is 0 Å². The Hall–Kier alpha value is -3.28. The van der Waals surface area contributed by atoms with Crippen LogP contribution in [-0.2, 0) is 6.54 Å². The van der Waals surface area contributed by atoms with Gasteiger partial charge in [-0.2, -0.15) is 0 Å². The van der Waals surface area contributed by atoms with Crippen LogP contribution in [-0.4, -0.2) is 22.7 Å². The van der Waals surface area contributed by atoms with Crippen LogP contribution in [0.2, 0.25) is 0 Å². The lowest BCUT2D eigenvalue weighted by Gasteiger charge is -2.17. The van der Waals surface area contributed by atoms with Gasteiger partial charge in [0.15, 0.2) is 0 Å². The number of phenolic OH excluding ortho intramolecular Hbond substituents is 1. The second kappa shape index (κ2) is 6.68. The van der Waals surface area contributed by atoms with Gasteiger partial charge in [-0.25, -0.2) is 0 Å². The van der Waals surface area contributed by atoms with Crippen LogP contribution in [0, 0.1) is 0 Å². The molecule has 2 N–H and O–H groups in total. The van der Waals surface area contributed by atoms with Crippen LogP contribution in [0.15, 0.2) is 53.3 Å². The van der Waals surface area contributed by atoms with Gasteiger partial charge < -0.3 is 19.7 Å². The van der Waals surface area contributed by atoms with Gasteiger partial charge in [-0.3, -0.25) is 9.59 Å². The Bertz CT molecular complexity index is 991. The first-order valence-electron chi connectivity index (χ1n) is 7.86. The molecule has 25 heavy (non-hydrogen) atoms. The number of hydrogen-bond donors (Lipinski definition) is 2. The Kier molecular flexibility index (Phi) is 4.43. The normalized spacial score (nSPS) is 10.6. The first-order valence-corrected chi connectivity index (χ1v) is 7.86. The molecule has 0 atom stereocenters. The quantitative estimate of drug-likeness (QED) is 0.717. The van der Waals surface area contributed by atoms with Crippen molar-refractivity contribution in [1.82, 2.24) is 4.57 Å². The van der Waals surface area contributed by atoms with Crippen LogP contribution in [0.5, 0.6) is 11.6 Å². The Balaban J connectivity index is 2.17. The standard InChI is InChI=1S/C19H18N2O4/c1-3-21-15-7-5-4-6-14(15)17(23)16(19(21)25-2)18(24)20-12-8-10-13(22)11-9-12/h4-11,22H,3H2,1-2H3,(H,20,24). The number of aryl methyl sites for hydroxylation is 1. The number of phenols is 1. The van der Waals surface area contributed by atoms with Crippen LogP contribution in [0.4, 0.5) is 5.69 Å². The average Bonchev–Trinajstić information content (AvgIpc) is 2.63. The van der Waals surface area contributed by atoms with Crippen LogP contribution in [0.1, 0.15) is 17.3 Å². The lowest BCUT2D eigenvalue weighted by molar-refractivity contribution is 0.102. The van der Waals surface area contributed by atoms with Gasteiger partial charge in [0.2, 0.25) is 11.3 Å². The number of amides is 1. The minimum atomic E-state index is -0.555. The molecule has 128 valence electrons. The molecule has 1 amide bonds. The van der Waals surface area contributed by atoms with Crippen molar-refractivity contribution in [3.63, 3.8) is 0 Å². The third-order valence-corrected chi connectivity index (χ3v) is 3.99. The van der Waals surface area contributed by atoms with Crippen molar-refractivity contribution in [2.45, 2.75) is 13.5 Å². The molecule has 1 aromatic heterocycles. The second-order valence-corrected chi connectivity index (χ2v) is 5.48. The van der Waals surface area contributed by atoms with Crippen LogP contribution < -0.4 is 15.5 Å². The van der Waals surface area contributed by atoms with Gasteiger partial charge in [-0.05, 0) is 43.3 Å². The number of carbonyl (C=O) groups excluding carboxylic acids is 1. The van der Waals surface area contributed by atoms with E-state index in [0.717, 1.165) is 0 Å². The highest BCUT2D eigenvalue weighted by Gasteiger charge is 2.23. The van der Waals surface area contributed by atoms with Crippen LogP contribution >= 0.6 is 0 Å². The van der Waals surface area contributed by atoms with E-state index in [9.17, 15) is 14.7 Å². The van der Waals surface area contributed by atoms with Crippen LogP contribution in [0.3, 0.4) is 0 Å². The molecule has 6 nitrogen and oxygen atoms in total. The lowest BCUT2D eigenvalue weighted by Crippen LogP contribution is -2.26. The highest BCUT2D eigenvalue weighted by atomic mass is 16.5. The number of fused-ring (bicyclic) bond motifs is 1. The maximum Gasteiger partial charge on any atom is 0.265 e. The molecule has 1 heterocycles. The first kappa shape index (κ1) is 16.6.